The van der Waals surface area contributed by atoms with Gasteiger partial charge in [0.15, 0.2) is 34.6 Å². The number of amides is 2. The number of ketones is 1. The van der Waals surface area contributed by atoms with Crippen molar-refractivity contribution in [1.29, 1.82) is 5.26 Å². The first-order chi connectivity index (χ1) is 35.8. The molecular weight excluding hydrogens is 952 g/mol. The lowest BCUT2D eigenvalue weighted by molar-refractivity contribution is 0.0994. The standard InChI is InChI=1S/C27H38N2O4.C17H13ClN4.C15H12N2O2/c1-20(2)27(19-28,22-10-12-24(31-5)26(18-22)33-7)14-8-15-29(3)16-13-21-9-11-23(30-4)25(17-21)32-6;1-11-20-21-16-10-19-17(12-5-3-2-4-6-12)14-9-13(18)7-8-15(14)22(11)16;16-15(19)17-12-7-3-1-5-10(12)9-14(18)11-6-2-4-8-13(11)17/h9-12,17-18,20H,8,13-16H2,1-7H3;2-9H,10H2,1H3;1-8H,9H2,(H2,16,19). The summed E-state index contributed by atoms with van der Waals surface area (Å²) in [5, 5.41) is 19.3. The summed E-state index contributed by atoms with van der Waals surface area (Å²) in [7, 11) is 8.67. The zero-order valence-corrected chi connectivity index (χ0v) is 44.0. The van der Waals surface area contributed by atoms with Crippen LogP contribution in [0, 0.1) is 24.2 Å². The second-order valence-corrected chi connectivity index (χ2v) is 18.7. The van der Waals surface area contributed by atoms with Crippen molar-refractivity contribution in [2.45, 2.75) is 58.4 Å². The molecule has 1 aromatic heterocycles. The van der Waals surface area contributed by atoms with Crippen LogP contribution in [0.15, 0.2) is 138 Å². The maximum absolute atomic E-state index is 12.3. The molecule has 9 rings (SSSR count). The van der Waals surface area contributed by atoms with E-state index < -0.39 is 11.4 Å². The van der Waals surface area contributed by atoms with Crippen molar-refractivity contribution in [1.82, 2.24) is 19.7 Å². The van der Waals surface area contributed by atoms with Gasteiger partial charge in [-0.2, -0.15) is 5.26 Å². The highest BCUT2D eigenvalue weighted by Crippen LogP contribution is 2.41. The molecule has 15 heteroatoms. The average molecular weight is 1020 g/mol. The zero-order valence-electron chi connectivity index (χ0n) is 43.3. The Bertz CT molecular complexity index is 3170. The van der Waals surface area contributed by atoms with Gasteiger partial charge < -0.3 is 29.6 Å². The van der Waals surface area contributed by atoms with Crippen molar-refractivity contribution < 1.29 is 28.5 Å². The zero-order chi connectivity index (χ0) is 52.9. The number of aliphatic imine (C=N–C) groups is 1. The van der Waals surface area contributed by atoms with E-state index in [1.54, 1.807) is 58.8 Å². The van der Waals surface area contributed by atoms with Crippen LogP contribution in [0.3, 0.4) is 0 Å². The van der Waals surface area contributed by atoms with Gasteiger partial charge in [0.05, 0.1) is 62.7 Å². The van der Waals surface area contributed by atoms with Crippen LogP contribution >= 0.6 is 11.6 Å². The van der Waals surface area contributed by atoms with Crippen LogP contribution in [0.2, 0.25) is 5.02 Å². The number of ether oxygens (including phenoxy) is 4. The second-order valence-electron chi connectivity index (χ2n) is 18.3. The molecule has 0 spiro atoms. The number of anilines is 2. The van der Waals surface area contributed by atoms with E-state index in [1.807, 2.05) is 96.4 Å². The third kappa shape index (κ3) is 11.9. The molecule has 6 aromatic carbocycles. The van der Waals surface area contributed by atoms with Crippen LogP contribution in [-0.2, 0) is 24.8 Å². The number of para-hydroxylation sites is 2. The molecule has 0 radical (unpaired) electrons. The Morgan fingerprint density at radius 2 is 1.42 bits per heavy atom. The smallest absolute Gasteiger partial charge is 0.323 e. The van der Waals surface area contributed by atoms with E-state index in [0.29, 0.717) is 40.0 Å². The van der Waals surface area contributed by atoms with Crippen LogP contribution in [-0.4, -0.2) is 85.8 Å². The summed E-state index contributed by atoms with van der Waals surface area (Å²) in [6.45, 7) is 8.50. The van der Waals surface area contributed by atoms with Crippen LogP contribution in [0.5, 0.6) is 23.0 Å². The number of nitrogens with zero attached hydrogens (tertiary/aromatic N) is 7. The Morgan fingerprint density at radius 1 is 0.770 bits per heavy atom. The first kappa shape index (κ1) is 53.8. The highest BCUT2D eigenvalue weighted by atomic mass is 35.5. The van der Waals surface area contributed by atoms with Gasteiger partial charge in [-0.3, -0.25) is 19.3 Å². The van der Waals surface area contributed by atoms with Crippen molar-refractivity contribution in [2.24, 2.45) is 16.6 Å². The fraction of sp³-hybridized carbons (Fsp3) is 0.288. The Labute approximate surface area is 438 Å². The number of carbonyl (C=O) groups excluding carboxylic acids is 2. The Morgan fingerprint density at radius 3 is 2.09 bits per heavy atom. The number of fused-ring (bicyclic) bond motifs is 5. The van der Waals surface area contributed by atoms with E-state index in [0.717, 1.165) is 89.2 Å². The molecule has 74 heavy (non-hydrogen) atoms. The van der Waals surface area contributed by atoms with Gasteiger partial charge in [-0.05, 0) is 123 Å². The minimum Gasteiger partial charge on any atom is -0.493 e. The number of benzene rings is 6. The molecule has 0 aliphatic carbocycles. The highest BCUT2D eigenvalue weighted by molar-refractivity contribution is 6.31. The predicted octanol–water partition coefficient (Wildman–Crippen LogP) is 11.3. The number of aromatic nitrogens is 3. The molecule has 2 aliphatic heterocycles. The summed E-state index contributed by atoms with van der Waals surface area (Å²) < 4.78 is 23.6. The molecule has 0 saturated heterocycles. The number of methoxy groups -OCH3 is 4. The monoisotopic (exact) mass is 1010 g/mol. The SMILES string of the molecule is COc1ccc(CCN(C)CCCC(C#N)(c2ccc(OC)c(OC)c2)C(C)C)cc1OC.Cc1nnc2n1-c1ccc(Cl)cc1C(c1ccccc1)=NC2.NC(=O)N1c2ccccc2CC(=O)c2ccccc21. The number of hydrogen-bond donors (Lipinski definition) is 1. The lowest BCUT2D eigenvalue weighted by Gasteiger charge is -2.32. The molecule has 2 N–H and O–H groups in total. The third-order valence-corrected chi connectivity index (χ3v) is 13.7. The van der Waals surface area contributed by atoms with E-state index in [9.17, 15) is 14.9 Å². The Balaban J connectivity index is 0.000000169. The lowest BCUT2D eigenvalue weighted by Crippen LogP contribution is -2.32. The number of primary amides is 1. The quantitative estimate of drug-likeness (QED) is 0.111. The summed E-state index contributed by atoms with van der Waals surface area (Å²) in [4.78, 5) is 32.5. The molecule has 0 fully saturated rings. The maximum Gasteiger partial charge on any atom is 0.323 e. The maximum atomic E-state index is 12.3. The number of rotatable bonds is 14. The molecule has 2 aliphatic rings. The van der Waals surface area contributed by atoms with Crippen LogP contribution in [0.1, 0.15) is 76.5 Å². The number of hydrogen-bond acceptors (Lipinski definition) is 11. The number of aryl methyl sites for hydroxylation is 1. The van der Waals surface area contributed by atoms with Gasteiger partial charge in [0, 0.05) is 34.7 Å². The summed E-state index contributed by atoms with van der Waals surface area (Å²) in [6, 6.07) is 44.3. The highest BCUT2D eigenvalue weighted by Gasteiger charge is 2.36. The summed E-state index contributed by atoms with van der Waals surface area (Å²) in [5.74, 6) is 4.67. The number of likely N-dealkylation sites (N-methyl/N-ethyl adjacent to an activating group) is 1. The van der Waals surface area contributed by atoms with Gasteiger partial charge in [-0.25, -0.2) is 4.79 Å². The molecule has 3 heterocycles. The van der Waals surface area contributed by atoms with Crippen LogP contribution < -0.4 is 29.6 Å². The number of nitriles is 1. The molecule has 1 unspecified atom stereocenters. The Hall–Kier alpha value is -7.99. The molecule has 0 bridgehead atoms. The molecule has 7 aromatic rings. The molecule has 14 nitrogen and oxygen atoms in total. The van der Waals surface area contributed by atoms with Gasteiger partial charge in [-0.15, -0.1) is 10.2 Å². The van der Waals surface area contributed by atoms with E-state index in [-0.39, 0.29) is 18.1 Å². The largest absolute Gasteiger partial charge is 0.493 e. The fourth-order valence-electron chi connectivity index (χ4n) is 9.44. The Kier molecular flexibility index (Phi) is 17.9. The van der Waals surface area contributed by atoms with Crippen molar-refractivity contribution in [3.05, 3.63) is 184 Å². The molecule has 2 amide bonds. The van der Waals surface area contributed by atoms with Crippen LogP contribution in [0.4, 0.5) is 16.2 Å². The number of halogens is 1. The minimum atomic E-state index is -0.588. The fourth-order valence-corrected chi connectivity index (χ4v) is 9.61. The first-order valence-electron chi connectivity index (χ1n) is 24.4. The molecule has 0 saturated carbocycles. The molecular formula is C59H63ClN8O6. The van der Waals surface area contributed by atoms with Crippen molar-refractivity contribution in [2.75, 3.05) is 53.5 Å². The van der Waals surface area contributed by atoms with E-state index in [4.69, 9.17) is 41.3 Å². The molecule has 382 valence electrons. The summed E-state index contributed by atoms with van der Waals surface area (Å²) >= 11 is 6.23. The predicted molar refractivity (Wildman–Crippen MR) is 291 cm³/mol. The van der Waals surface area contributed by atoms with Gasteiger partial charge in [-0.1, -0.05) is 98.2 Å². The normalized spacial score (nSPS) is 13.1. The van der Waals surface area contributed by atoms with E-state index in [2.05, 4.69) is 60.3 Å². The number of nitrogens with two attached hydrogens (primary N) is 1. The second kappa shape index (κ2) is 24.6. The lowest BCUT2D eigenvalue weighted by atomic mass is 9.69. The van der Waals surface area contributed by atoms with Gasteiger partial charge in [0.2, 0.25) is 0 Å². The van der Waals surface area contributed by atoms with Crippen molar-refractivity contribution in [3.63, 3.8) is 0 Å². The van der Waals surface area contributed by atoms with E-state index >= 15 is 0 Å². The topological polar surface area (TPSA) is 170 Å². The minimum absolute atomic E-state index is 0.00759. The average Bonchev–Trinajstić information content (AvgIpc) is 3.62. The summed E-state index contributed by atoms with van der Waals surface area (Å²) in [6.07, 6.45) is 2.89. The van der Waals surface area contributed by atoms with Gasteiger partial charge >= 0.3 is 6.03 Å². The van der Waals surface area contributed by atoms with Gasteiger partial charge in [0.25, 0.3) is 0 Å². The van der Waals surface area contributed by atoms with E-state index in [1.165, 1.54) is 10.5 Å². The van der Waals surface area contributed by atoms with Crippen LogP contribution in [0.25, 0.3) is 5.69 Å². The van der Waals surface area contributed by atoms with Gasteiger partial charge in [0.1, 0.15) is 12.4 Å². The number of urea groups is 1. The molecule has 1 atom stereocenters. The van der Waals surface area contributed by atoms with Crippen molar-refractivity contribution >= 4 is 40.5 Å². The summed E-state index contributed by atoms with van der Waals surface area (Å²) in [5.41, 5.74) is 13.7. The number of Topliss-reactive ketones (excluding diaryl/α,β-unsaturated/α-hetero) is 1. The first-order valence-corrected chi connectivity index (χ1v) is 24.8. The van der Waals surface area contributed by atoms with Crippen molar-refractivity contribution in [3.8, 4) is 34.8 Å². The third-order valence-electron chi connectivity index (χ3n) is 13.4. The number of carbonyl (C=O) groups is 2.